The van der Waals surface area contributed by atoms with Gasteiger partial charge < -0.3 is 0 Å². The van der Waals surface area contributed by atoms with Gasteiger partial charge in [-0.15, -0.1) is 0 Å². The van der Waals surface area contributed by atoms with Gasteiger partial charge in [-0.3, -0.25) is 14.5 Å². The van der Waals surface area contributed by atoms with Crippen molar-refractivity contribution in [2.75, 3.05) is 0 Å². The predicted octanol–water partition coefficient (Wildman–Crippen LogP) is 1.77. The molecule has 0 spiro atoms. The van der Waals surface area contributed by atoms with Gasteiger partial charge in [0.05, 0.1) is 7.85 Å². The van der Waals surface area contributed by atoms with E-state index in [1.807, 2.05) is 34.6 Å². The molecule has 0 aromatic carbocycles. The molecule has 4 heteroatoms. The van der Waals surface area contributed by atoms with Crippen LogP contribution >= 0.6 is 0 Å². The first-order chi connectivity index (χ1) is 7.16. The summed E-state index contributed by atoms with van der Waals surface area (Å²) in [6, 6.07) is -0.253. The van der Waals surface area contributed by atoms with Gasteiger partial charge in [0.1, 0.15) is 0 Å². The maximum Gasteiger partial charge on any atom is 0.233 e. The van der Waals surface area contributed by atoms with E-state index in [2.05, 4.69) is 0 Å². The van der Waals surface area contributed by atoms with Gasteiger partial charge in [-0.05, 0) is 12.8 Å². The summed E-state index contributed by atoms with van der Waals surface area (Å²) in [5.74, 6) is -0.118. The van der Waals surface area contributed by atoms with Gasteiger partial charge in [0.25, 0.3) is 0 Å². The Kier molecular flexibility index (Phi) is 3.51. The summed E-state index contributed by atoms with van der Waals surface area (Å²) < 4.78 is 0. The fourth-order valence-electron chi connectivity index (χ4n) is 1.94. The summed E-state index contributed by atoms with van der Waals surface area (Å²) in [5.41, 5.74) is 0. The van der Waals surface area contributed by atoms with Crippen LogP contribution in [0.25, 0.3) is 0 Å². The molecule has 0 N–H and O–H groups in total. The Morgan fingerprint density at radius 3 is 2.12 bits per heavy atom. The molecule has 0 aliphatic carbocycles. The lowest BCUT2D eigenvalue weighted by atomic mass is 9.67. The molecule has 2 amide bonds. The van der Waals surface area contributed by atoms with Crippen LogP contribution in [0.2, 0.25) is 5.31 Å². The van der Waals surface area contributed by atoms with E-state index in [1.54, 1.807) is 0 Å². The zero-order valence-electron chi connectivity index (χ0n) is 10.8. The molecule has 88 valence electrons. The Hall–Kier alpha value is -0.795. The Bertz CT molecular complexity index is 307. The highest BCUT2D eigenvalue weighted by Crippen LogP contribution is 2.35. The molecule has 2 unspecified atom stereocenters. The standard InChI is InChI=1S/C12H20BNO2/c1-7(2)9-6-10(15)14(11(9)16)8(3)12(4,5)13/h7-9H,6H2,1-5H3. The quantitative estimate of drug-likeness (QED) is 0.538. The normalized spacial score (nSPS) is 24.4. The van der Waals surface area contributed by atoms with Gasteiger partial charge >= 0.3 is 0 Å². The van der Waals surface area contributed by atoms with Crippen LogP contribution in [0.3, 0.4) is 0 Å². The highest BCUT2D eigenvalue weighted by Gasteiger charge is 2.44. The van der Waals surface area contributed by atoms with E-state index < -0.39 is 5.31 Å². The fraction of sp³-hybridized carbons (Fsp3) is 0.833. The first-order valence-corrected chi connectivity index (χ1v) is 5.81. The molecule has 3 nitrogen and oxygen atoms in total. The lowest BCUT2D eigenvalue weighted by Gasteiger charge is -2.34. The lowest BCUT2D eigenvalue weighted by molar-refractivity contribution is -0.142. The number of carbonyl (C=O) groups excluding carboxylic acids is 2. The van der Waals surface area contributed by atoms with Crippen molar-refractivity contribution in [1.82, 2.24) is 4.90 Å². The first-order valence-electron chi connectivity index (χ1n) is 5.81. The molecule has 1 saturated heterocycles. The molecule has 0 aromatic rings. The van der Waals surface area contributed by atoms with Crippen LogP contribution in [0, 0.1) is 11.8 Å². The smallest absolute Gasteiger partial charge is 0.233 e. The second kappa shape index (κ2) is 4.23. The molecule has 1 rings (SSSR count). The van der Waals surface area contributed by atoms with Crippen LogP contribution in [-0.2, 0) is 9.59 Å². The number of carbonyl (C=O) groups is 2. The average Bonchev–Trinajstić information content (AvgIpc) is 2.39. The molecule has 2 radical (unpaired) electrons. The number of rotatable bonds is 3. The minimum Gasteiger partial charge on any atom is -0.280 e. The molecular formula is C12H20BNO2. The highest BCUT2D eigenvalue weighted by atomic mass is 16.2. The Labute approximate surface area is 99.0 Å². The summed E-state index contributed by atoms with van der Waals surface area (Å²) in [6.45, 7) is 9.44. The summed E-state index contributed by atoms with van der Waals surface area (Å²) in [6.07, 6.45) is 0.330. The van der Waals surface area contributed by atoms with Crippen molar-refractivity contribution in [2.24, 2.45) is 11.8 Å². The van der Waals surface area contributed by atoms with E-state index in [0.717, 1.165) is 0 Å². The van der Waals surface area contributed by atoms with Gasteiger partial charge in [-0.2, -0.15) is 0 Å². The van der Waals surface area contributed by atoms with E-state index in [1.165, 1.54) is 4.90 Å². The maximum atomic E-state index is 12.1. The first kappa shape index (κ1) is 13.3. The fourth-order valence-corrected chi connectivity index (χ4v) is 1.94. The molecule has 1 heterocycles. The minimum absolute atomic E-state index is 0.0639. The van der Waals surface area contributed by atoms with Gasteiger partial charge in [-0.1, -0.05) is 33.0 Å². The van der Waals surface area contributed by atoms with Crippen molar-refractivity contribution in [3.05, 3.63) is 0 Å². The summed E-state index contributed by atoms with van der Waals surface area (Å²) in [4.78, 5) is 25.3. The molecule has 1 aliphatic heterocycles. The molecule has 0 bridgehead atoms. The second-order valence-electron chi connectivity index (χ2n) is 5.65. The van der Waals surface area contributed by atoms with Crippen LogP contribution in [0.5, 0.6) is 0 Å². The second-order valence-corrected chi connectivity index (χ2v) is 5.65. The van der Waals surface area contributed by atoms with Crippen LogP contribution in [0.15, 0.2) is 0 Å². The molecule has 16 heavy (non-hydrogen) atoms. The van der Waals surface area contributed by atoms with E-state index in [9.17, 15) is 9.59 Å². The predicted molar refractivity (Wildman–Crippen MR) is 64.1 cm³/mol. The number of hydrogen-bond donors (Lipinski definition) is 0. The molecular weight excluding hydrogens is 201 g/mol. The Morgan fingerprint density at radius 1 is 1.31 bits per heavy atom. The van der Waals surface area contributed by atoms with Crippen molar-refractivity contribution < 1.29 is 9.59 Å². The van der Waals surface area contributed by atoms with Crippen LogP contribution in [0.4, 0.5) is 0 Å². The SMILES string of the molecule is [B]C(C)(C)C(C)N1C(=O)CC(C(C)C)C1=O. The zero-order valence-corrected chi connectivity index (χ0v) is 10.8. The van der Waals surface area contributed by atoms with Crippen molar-refractivity contribution in [3.8, 4) is 0 Å². The number of hydrogen-bond acceptors (Lipinski definition) is 2. The van der Waals surface area contributed by atoms with Gasteiger partial charge in [0, 0.05) is 18.4 Å². The van der Waals surface area contributed by atoms with Crippen molar-refractivity contribution in [3.63, 3.8) is 0 Å². The van der Waals surface area contributed by atoms with Crippen LogP contribution in [0.1, 0.15) is 41.0 Å². The monoisotopic (exact) mass is 221 g/mol. The van der Waals surface area contributed by atoms with Crippen LogP contribution in [-0.4, -0.2) is 30.6 Å². The van der Waals surface area contributed by atoms with Gasteiger partial charge in [0.15, 0.2) is 0 Å². The molecule has 2 atom stereocenters. The molecule has 0 saturated carbocycles. The Balaban J connectivity index is 2.91. The van der Waals surface area contributed by atoms with Crippen molar-refractivity contribution in [1.29, 1.82) is 0 Å². The van der Waals surface area contributed by atoms with E-state index in [-0.39, 0.29) is 29.7 Å². The van der Waals surface area contributed by atoms with E-state index in [0.29, 0.717) is 6.42 Å². The van der Waals surface area contributed by atoms with E-state index in [4.69, 9.17) is 7.85 Å². The minimum atomic E-state index is -0.558. The van der Waals surface area contributed by atoms with Gasteiger partial charge in [0.2, 0.25) is 11.8 Å². The average molecular weight is 221 g/mol. The number of likely N-dealkylation sites (tertiary alicyclic amines) is 1. The number of amides is 2. The van der Waals surface area contributed by atoms with Gasteiger partial charge in [-0.25, -0.2) is 0 Å². The third kappa shape index (κ3) is 2.31. The summed E-state index contributed by atoms with van der Waals surface area (Å²) >= 11 is 0. The lowest BCUT2D eigenvalue weighted by Crippen LogP contribution is -2.44. The maximum absolute atomic E-state index is 12.1. The highest BCUT2D eigenvalue weighted by molar-refractivity contribution is 6.16. The Morgan fingerprint density at radius 2 is 1.81 bits per heavy atom. The number of imide groups is 1. The van der Waals surface area contributed by atoms with Crippen LogP contribution < -0.4 is 0 Å². The zero-order chi connectivity index (χ0) is 12.7. The van der Waals surface area contributed by atoms with E-state index >= 15 is 0 Å². The number of nitrogens with zero attached hydrogens (tertiary/aromatic N) is 1. The van der Waals surface area contributed by atoms with Crippen molar-refractivity contribution in [2.45, 2.75) is 52.4 Å². The summed E-state index contributed by atoms with van der Waals surface area (Å²) in [5, 5.41) is -0.558. The molecule has 1 fully saturated rings. The third-order valence-electron chi connectivity index (χ3n) is 3.49. The summed E-state index contributed by atoms with van der Waals surface area (Å²) in [7, 11) is 5.96. The molecule has 1 aliphatic rings. The largest absolute Gasteiger partial charge is 0.280 e. The third-order valence-corrected chi connectivity index (χ3v) is 3.49. The van der Waals surface area contributed by atoms with Crippen molar-refractivity contribution >= 4 is 19.7 Å². The molecule has 0 aromatic heterocycles. The topological polar surface area (TPSA) is 37.4 Å².